The summed E-state index contributed by atoms with van der Waals surface area (Å²) in [6, 6.07) is 5.37. The summed E-state index contributed by atoms with van der Waals surface area (Å²) in [7, 11) is 1.89. The van der Waals surface area contributed by atoms with Crippen molar-refractivity contribution in [2.45, 2.75) is 19.9 Å². The van der Waals surface area contributed by atoms with Gasteiger partial charge in [-0.2, -0.15) is 0 Å². The third kappa shape index (κ3) is 3.57. The van der Waals surface area contributed by atoms with Gasteiger partial charge < -0.3 is 15.2 Å². The average molecular weight is 273 g/mol. The van der Waals surface area contributed by atoms with E-state index in [1.807, 2.05) is 29.9 Å². The van der Waals surface area contributed by atoms with Gasteiger partial charge in [0.25, 0.3) is 5.91 Å². The van der Waals surface area contributed by atoms with Crippen molar-refractivity contribution in [3.05, 3.63) is 42.1 Å². The van der Waals surface area contributed by atoms with Crippen molar-refractivity contribution in [1.29, 1.82) is 0 Å². The molecule has 0 atom stereocenters. The van der Waals surface area contributed by atoms with Crippen molar-refractivity contribution in [2.75, 3.05) is 11.9 Å². The number of anilines is 1. The van der Waals surface area contributed by atoms with Crippen LogP contribution in [-0.4, -0.2) is 27.0 Å². The van der Waals surface area contributed by atoms with Gasteiger partial charge in [-0.1, -0.05) is 13.0 Å². The van der Waals surface area contributed by atoms with E-state index in [0.29, 0.717) is 12.2 Å². The minimum atomic E-state index is -0.201. The largest absolute Gasteiger partial charge is 0.370 e. The van der Waals surface area contributed by atoms with Crippen molar-refractivity contribution < 1.29 is 4.79 Å². The molecule has 2 rings (SSSR count). The second-order valence-electron chi connectivity index (χ2n) is 4.47. The van der Waals surface area contributed by atoms with Crippen LogP contribution in [0, 0.1) is 0 Å². The Kier molecular flexibility index (Phi) is 4.70. The zero-order valence-electron chi connectivity index (χ0n) is 11.8. The zero-order chi connectivity index (χ0) is 14.4. The van der Waals surface area contributed by atoms with Crippen molar-refractivity contribution in [3.63, 3.8) is 0 Å². The smallest absolute Gasteiger partial charge is 0.270 e. The number of aryl methyl sites for hydroxylation is 1. The Balaban J connectivity index is 1.96. The molecule has 0 aliphatic rings. The number of imidazole rings is 1. The Morgan fingerprint density at radius 3 is 2.95 bits per heavy atom. The van der Waals surface area contributed by atoms with Crippen LogP contribution >= 0.6 is 0 Å². The zero-order valence-corrected chi connectivity index (χ0v) is 11.8. The maximum atomic E-state index is 12.0. The summed E-state index contributed by atoms with van der Waals surface area (Å²) in [5.74, 6) is 1.32. The summed E-state index contributed by atoms with van der Waals surface area (Å²) in [5.41, 5.74) is 0.403. The molecule has 2 heterocycles. The molecule has 0 fully saturated rings. The van der Waals surface area contributed by atoms with Crippen LogP contribution in [0.3, 0.4) is 0 Å². The van der Waals surface area contributed by atoms with Gasteiger partial charge in [0.1, 0.15) is 17.3 Å². The maximum Gasteiger partial charge on any atom is 0.270 e. The van der Waals surface area contributed by atoms with E-state index in [9.17, 15) is 4.79 Å². The maximum absolute atomic E-state index is 12.0. The van der Waals surface area contributed by atoms with Gasteiger partial charge in [0, 0.05) is 26.0 Å². The van der Waals surface area contributed by atoms with Crippen LogP contribution in [0.25, 0.3) is 0 Å². The highest BCUT2D eigenvalue weighted by molar-refractivity contribution is 5.92. The first-order chi connectivity index (χ1) is 9.70. The molecule has 6 nitrogen and oxygen atoms in total. The highest BCUT2D eigenvalue weighted by atomic mass is 16.1. The van der Waals surface area contributed by atoms with Crippen LogP contribution in [0.4, 0.5) is 5.82 Å². The summed E-state index contributed by atoms with van der Waals surface area (Å²) in [5, 5.41) is 5.97. The molecule has 0 saturated heterocycles. The van der Waals surface area contributed by atoms with E-state index in [1.165, 1.54) is 0 Å². The summed E-state index contributed by atoms with van der Waals surface area (Å²) in [6.45, 7) is 3.30. The molecule has 0 aliphatic carbocycles. The van der Waals surface area contributed by atoms with E-state index in [0.717, 1.165) is 24.6 Å². The Morgan fingerprint density at radius 2 is 2.25 bits per heavy atom. The molecule has 20 heavy (non-hydrogen) atoms. The lowest BCUT2D eigenvalue weighted by molar-refractivity contribution is 0.0944. The molecule has 0 unspecified atom stereocenters. The number of rotatable bonds is 6. The van der Waals surface area contributed by atoms with Crippen LogP contribution in [0.15, 0.2) is 30.6 Å². The second kappa shape index (κ2) is 6.70. The van der Waals surface area contributed by atoms with E-state index in [4.69, 9.17) is 0 Å². The predicted octanol–water partition coefficient (Wildman–Crippen LogP) is 1.57. The summed E-state index contributed by atoms with van der Waals surface area (Å²) in [6.07, 6.45) is 4.56. The molecule has 6 heteroatoms. The lowest BCUT2D eigenvalue weighted by Gasteiger charge is -2.07. The van der Waals surface area contributed by atoms with Crippen LogP contribution in [0.5, 0.6) is 0 Å². The summed E-state index contributed by atoms with van der Waals surface area (Å²) >= 11 is 0. The standard InChI is InChI=1S/C14H19N5O/c1-3-7-15-12-6-4-5-11(18-12)14(20)17-10-13-16-8-9-19(13)2/h4-6,8-9H,3,7,10H2,1-2H3,(H,15,18)(H,17,20). The quantitative estimate of drug-likeness (QED) is 0.838. The van der Waals surface area contributed by atoms with Gasteiger partial charge >= 0.3 is 0 Å². The number of pyridine rings is 1. The van der Waals surface area contributed by atoms with E-state index < -0.39 is 0 Å². The fourth-order valence-corrected chi connectivity index (χ4v) is 1.73. The van der Waals surface area contributed by atoms with Gasteiger partial charge in [-0.15, -0.1) is 0 Å². The van der Waals surface area contributed by atoms with Gasteiger partial charge in [0.05, 0.1) is 6.54 Å². The Hall–Kier alpha value is -2.37. The molecule has 106 valence electrons. The molecule has 0 bridgehead atoms. The van der Waals surface area contributed by atoms with Crippen LogP contribution in [0.1, 0.15) is 29.7 Å². The molecule has 2 aromatic heterocycles. The van der Waals surface area contributed by atoms with Crippen molar-refractivity contribution in [2.24, 2.45) is 7.05 Å². The number of hydrogen-bond acceptors (Lipinski definition) is 4. The molecule has 0 saturated carbocycles. The van der Waals surface area contributed by atoms with Crippen molar-refractivity contribution in [1.82, 2.24) is 19.9 Å². The Morgan fingerprint density at radius 1 is 1.40 bits per heavy atom. The topological polar surface area (TPSA) is 71.8 Å². The van der Waals surface area contributed by atoms with Crippen molar-refractivity contribution in [3.8, 4) is 0 Å². The number of carbonyl (C=O) groups excluding carboxylic acids is 1. The normalized spacial score (nSPS) is 10.3. The van der Waals surface area contributed by atoms with E-state index in [1.54, 1.807) is 12.3 Å². The SMILES string of the molecule is CCCNc1cccc(C(=O)NCc2nccn2C)n1. The van der Waals surface area contributed by atoms with Gasteiger partial charge in [-0.3, -0.25) is 4.79 Å². The number of amides is 1. The third-order valence-electron chi connectivity index (χ3n) is 2.87. The Labute approximate surface area is 118 Å². The fourth-order valence-electron chi connectivity index (χ4n) is 1.73. The van der Waals surface area contributed by atoms with Gasteiger partial charge in [-0.25, -0.2) is 9.97 Å². The summed E-state index contributed by atoms with van der Waals surface area (Å²) < 4.78 is 1.87. The number of nitrogens with zero attached hydrogens (tertiary/aromatic N) is 3. The Bertz CT molecular complexity index is 578. The minimum Gasteiger partial charge on any atom is -0.370 e. The van der Waals surface area contributed by atoms with E-state index >= 15 is 0 Å². The molecule has 0 aromatic carbocycles. The molecule has 1 amide bonds. The highest BCUT2D eigenvalue weighted by Gasteiger charge is 2.08. The molecular formula is C14H19N5O. The number of aromatic nitrogens is 3. The minimum absolute atomic E-state index is 0.201. The molecular weight excluding hydrogens is 254 g/mol. The molecule has 0 spiro atoms. The predicted molar refractivity (Wildman–Crippen MR) is 77.4 cm³/mol. The first-order valence-corrected chi connectivity index (χ1v) is 6.66. The molecule has 2 aromatic rings. The number of nitrogens with one attached hydrogen (secondary N) is 2. The molecule has 2 N–H and O–H groups in total. The first-order valence-electron chi connectivity index (χ1n) is 6.66. The van der Waals surface area contributed by atoms with Gasteiger partial charge in [-0.05, 0) is 18.6 Å². The molecule has 0 aliphatic heterocycles. The van der Waals surface area contributed by atoms with Gasteiger partial charge in [0.2, 0.25) is 0 Å². The van der Waals surface area contributed by atoms with Crippen LogP contribution in [0.2, 0.25) is 0 Å². The van der Waals surface area contributed by atoms with Crippen LogP contribution < -0.4 is 10.6 Å². The summed E-state index contributed by atoms with van der Waals surface area (Å²) in [4.78, 5) is 20.5. The van der Waals surface area contributed by atoms with Gasteiger partial charge in [0.15, 0.2) is 0 Å². The number of carbonyl (C=O) groups is 1. The van der Waals surface area contributed by atoms with Crippen molar-refractivity contribution >= 4 is 11.7 Å². The lowest BCUT2D eigenvalue weighted by Crippen LogP contribution is -2.25. The molecule has 0 radical (unpaired) electrons. The lowest BCUT2D eigenvalue weighted by atomic mass is 10.3. The fraction of sp³-hybridized carbons (Fsp3) is 0.357. The third-order valence-corrected chi connectivity index (χ3v) is 2.87. The number of hydrogen-bond donors (Lipinski definition) is 2. The first kappa shape index (κ1) is 14.0. The average Bonchev–Trinajstić information content (AvgIpc) is 2.88. The second-order valence-corrected chi connectivity index (χ2v) is 4.47. The van der Waals surface area contributed by atoms with E-state index in [2.05, 4.69) is 27.5 Å². The van der Waals surface area contributed by atoms with Crippen LogP contribution in [-0.2, 0) is 13.6 Å². The highest BCUT2D eigenvalue weighted by Crippen LogP contribution is 2.05. The monoisotopic (exact) mass is 273 g/mol. The van der Waals surface area contributed by atoms with E-state index in [-0.39, 0.29) is 5.91 Å².